The van der Waals surface area contributed by atoms with Gasteiger partial charge < -0.3 is 15.6 Å². The van der Waals surface area contributed by atoms with Gasteiger partial charge in [0.2, 0.25) is 0 Å². The van der Waals surface area contributed by atoms with Crippen molar-refractivity contribution in [3.63, 3.8) is 0 Å². The van der Waals surface area contributed by atoms with Gasteiger partial charge in [-0.05, 0) is 24.3 Å². The van der Waals surface area contributed by atoms with Crippen LogP contribution < -0.4 is 16.6 Å². The van der Waals surface area contributed by atoms with Gasteiger partial charge in [0.1, 0.15) is 17.2 Å². The number of rotatable bonds is 3. The molecule has 3 N–H and O–H groups in total. The predicted molar refractivity (Wildman–Crippen MR) is 110 cm³/mol. The minimum atomic E-state index is -0.757. The van der Waals surface area contributed by atoms with Gasteiger partial charge in [0.15, 0.2) is 0 Å². The van der Waals surface area contributed by atoms with Crippen molar-refractivity contribution in [1.29, 1.82) is 0 Å². The molecular weight excluding hydrogens is 400 g/mol. The van der Waals surface area contributed by atoms with Crippen LogP contribution >= 0.6 is 11.6 Å². The third-order valence-corrected chi connectivity index (χ3v) is 4.91. The largest absolute Gasteiger partial charge is 0.398 e. The van der Waals surface area contributed by atoms with Crippen LogP contribution in [0.3, 0.4) is 0 Å². The average Bonchev–Trinajstić information content (AvgIpc) is 3.05. The van der Waals surface area contributed by atoms with E-state index in [9.17, 15) is 13.6 Å². The number of hydrogen-bond donors (Lipinski definition) is 2. The maximum Gasteiger partial charge on any atom is 0.261 e. The van der Waals surface area contributed by atoms with E-state index in [-0.39, 0.29) is 16.3 Å². The highest BCUT2D eigenvalue weighted by Crippen LogP contribution is 2.38. The smallest absolute Gasteiger partial charge is 0.261 e. The van der Waals surface area contributed by atoms with Crippen LogP contribution in [0.25, 0.3) is 22.0 Å². The van der Waals surface area contributed by atoms with Crippen LogP contribution in [0.5, 0.6) is 0 Å². The molecule has 2 aromatic heterocycles. The van der Waals surface area contributed by atoms with Crippen LogP contribution in [-0.4, -0.2) is 14.3 Å². The van der Waals surface area contributed by atoms with Crippen LogP contribution in [0.4, 0.5) is 25.8 Å². The van der Waals surface area contributed by atoms with E-state index < -0.39 is 11.6 Å². The molecule has 0 aliphatic heterocycles. The normalized spacial score (nSPS) is 11.2. The molecule has 4 aromatic rings. The van der Waals surface area contributed by atoms with Gasteiger partial charge in [-0.2, -0.15) is 5.10 Å². The van der Waals surface area contributed by atoms with Gasteiger partial charge in [0.25, 0.3) is 5.56 Å². The van der Waals surface area contributed by atoms with Gasteiger partial charge in [-0.1, -0.05) is 11.6 Å². The second-order valence-electron chi connectivity index (χ2n) is 6.69. The van der Waals surface area contributed by atoms with Crippen molar-refractivity contribution >= 4 is 39.6 Å². The Morgan fingerprint density at radius 3 is 2.55 bits per heavy atom. The van der Waals surface area contributed by atoms with E-state index in [2.05, 4.69) is 10.4 Å². The Balaban J connectivity index is 1.97. The van der Waals surface area contributed by atoms with Gasteiger partial charge >= 0.3 is 0 Å². The fourth-order valence-electron chi connectivity index (χ4n) is 3.20. The van der Waals surface area contributed by atoms with Crippen molar-refractivity contribution in [3.05, 3.63) is 69.7 Å². The summed E-state index contributed by atoms with van der Waals surface area (Å²) in [5.74, 6) is -1.44. The number of benzene rings is 2. The summed E-state index contributed by atoms with van der Waals surface area (Å²) >= 11 is 6.19. The summed E-state index contributed by atoms with van der Waals surface area (Å²) in [7, 11) is 3.34. The summed E-state index contributed by atoms with van der Waals surface area (Å²) in [6.45, 7) is 0. The second-order valence-corrected chi connectivity index (χ2v) is 7.10. The number of anilines is 3. The molecule has 148 valence electrons. The summed E-state index contributed by atoms with van der Waals surface area (Å²) in [5, 5.41) is 8.03. The number of halogens is 3. The molecule has 0 aliphatic carbocycles. The van der Waals surface area contributed by atoms with E-state index in [0.717, 1.165) is 12.1 Å². The molecule has 0 atom stereocenters. The van der Waals surface area contributed by atoms with Crippen LogP contribution in [0.2, 0.25) is 5.02 Å². The number of nitrogens with one attached hydrogen (secondary N) is 1. The molecule has 0 unspecified atom stereocenters. The summed E-state index contributed by atoms with van der Waals surface area (Å²) in [6, 6.07) is 6.39. The van der Waals surface area contributed by atoms with Crippen LogP contribution in [0, 0.1) is 11.6 Å². The summed E-state index contributed by atoms with van der Waals surface area (Å²) in [4.78, 5) is 12.5. The van der Waals surface area contributed by atoms with E-state index >= 15 is 0 Å². The molecule has 29 heavy (non-hydrogen) atoms. The van der Waals surface area contributed by atoms with Gasteiger partial charge in [0.05, 0.1) is 21.8 Å². The molecule has 2 aromatic carbocycles. The zero-order valence-corrected chi connectivity index (χ0v) is 16.3. The molecular formula is C20H16ClF2N5O. The predicted octanol–water partition coefficient (Wildman–Crippen LogP) is 4.20. The van der Waals surface area contributed by atoms with Crippen LogP contribution in [0.1, 0.15) is 0 Å². The molecule has 0 fully saturated rings. The number of nitrogens with two attached hydrogens (primary N) is 1. The lowest BCUT2D eigenvalue weighted by Gasteiger charge is -2.16. The minimum Gasteiger partial charge on any atom is -0.398 e. The van der Waals surface area contributed by atoms with Crippen molar-refractivity contribution in [2.24, 2.45) is 14.1 Å². The molecule has 0 spiro atoms. The van der Waals surface area contributed by atoms with Crippen LogP contribution in [0.15, 0.2) is 47.5 Å². The maximum atomic E-state index is 14.2. The van der Waals surface area contributed by atoms with Crippen LogP contribution in [-0.2, 0) is 14.1 Å². The lowest BCUT2D eigenvalue weighted by Crippen LogP contribution is -2.16. The lowest BCUT2D eigenvalue weighted by molar-refractivity contribution is 0.586. The molecule has 6 nitrogen and oxygen atoms in total. The van der Waals surface area contributed by atoms with Gasteiger partial charge in [-0.25, -0.2) is 8.78 Å². The highest BCUT2D eigenvalue weighted by atomic mass is 35.5. The van der Waals surface area contributed by atoms with Crippen molar-refractivity contribution in [2.75, 3.05) is 11.1 Å². The Labute approximate surface area is 169 Å². The number of fused-ring (bicyclic) bond motifs is 1. The van der Waals surface area contributed by atoms with E-state index in [0.29, 0.717) is 33.4 Å². The molecule has 0 aliphatic rings. The Bertz CT molecular complexity index is 1330. The topological polar surface area (TPSA) is 77.9 Å². The monoisotopic (exact) mass is 415 g/mol. The first-order chi connectivity index (χ1) is 13.7. The molecule has 0 saturated carbocycles. The molecule has 0 saturated heterocycles. The first kappa shape index (κ1) is 18.9. The number of nitrogen functional groups attached to an aromatic ring is 1. The quantitative estimate of drug-likeness (QED) is 0.492. The lowest BCUT2D eigenvalue weighted by atomic mass is 10.0. The van der Waals surface area contributed by atoms with E-state index in [1.807, 2.05) is 0 Å². The zero-order chi connectivity index (χ0) is 20.9. The molecule has 0 radical (unpaired) electrons. The Morgan fingerprint density at radius 2 is 1.83 bits per heavy atom. The summed E-state index contributed by atoms with van der Waals surface area (Å²) < 4.78 is 30.4. The van der Waals surface area contributed by atoms with E-state index in [1.165, 1.54) is 10.6 Å². The highest BCUT2D eigenvalue weighted by molar-refractivity contribution is 6.33. The van der Waals surface area contributed by atoms with E-state index in [4.69, 9.17) is 17.3 Å². The van der Waals surface area contributed by atoms with Crippen molar-refractivity contribution in [2.45, 2.75) is 0 Å². The molecule has 0 bridgehead atoms. The van der Waals surface area contributed by atoms with E-state index in [1.54, 1.807) is 43.3 Å². The second kappa shape index (κ2) is 6.89. The Kier molecular flexibility index (Phi) is 4.50. The Morgan fingerprint density at radius 1 is 1.07 bits per heavy atom. The number of nitrogens with zero attached hydrogens (tertiary/aromatic N) is 3. The maximum absolute atomic E-state index is 14.2. The molecule has 4 rings (SSSR count). The Hall–Kier alpha value is -3.39. The first-order valence-corrected chi connectivity index (χ1v) is 8.97. The fourth-order valence-corrected chi connectivity index (χ4v) is 3.36. The van der Waals surface area contributed by atoms with Crippen molar-refractivity contribution in [1.82, 2.24) is 14.3 Å². The van der Waals surface area contributed by atoms with Gasteiger partial charge in [0, 0.05) is 49.4 Å². The third-order valence-electron chi connectivity index (χ3n) is 4.58. The minimum absolute atomic E-state index is 0.0653. The SMILES string of the molecule is Cn1cc2c(=O)n(C)cc(-c3cc(N)c(Cl)cc3Nc3ccc(F)cc3F)c2n1. The first-order valence-electron chi connectivity index (χ1n) is 8.59. The summed E-state index contributed by atoms with van der Waals surface area (Å²) in [5.41, 5.74) is 8.26. The summed E-state index contributed by atoms with van der Waals surface area (Å²) in [6.07, 6.45) is 3.26. The number of pyridine rings is 1. The molecule has 0 amide bonds. The average molecular weight is 416 g/mol. The zero-order valence-electron chi connectivity index (χ0n) is 15.5. The van der Waals surface area contributed by atoms with Crippen molar-refractivity contribution < 1.29 is 8.78 Å². The van der Waals surface area contributed by atoms with Gasteiger partial charge in [-0.15, -0.1) is 0 Å². The molecule has 2 heterocycles. The fraction of sp³-hybridized carbons (Fsp3) is 0.100. The molecule has 9 heteroatoms. The number of aromatic nitrogens is 3. The van der Waals surface area contributed by atoms with Gasteiger partial charge in [-0.3, -0.25) is 9.48 Å². The number of aryl methyl sites for hydroxylation is 2. The third kappa shape index (κ3) is 3.31. The standard InChI is InChI=1S/C20H16ClF2N5O/c1-27-8-12(19-13(20(27)29)9-28(2)26-19)11-6-16(24)14(21)7-18(11)25-17-4-3-10(22)5-15(17)23/h3-9,25H,24H2,1-2H3. The van der Waals surface area contributed by atoms with Crippen molar-refractivity contribution in [3.8, 4) is 11.1 Å². The highest BCUT2D eigenvalue weighted by Gasteiger charge is 2.18. The number of hydrogen-bond acceptors (Lipinski definition) is 4.